The van der Waals surface area contributed by atoms with Gasteiger partial charge in [-0.25, -0.2) is 0 Å². The number of hydrogen-bond donors (Lipinski definition) is 0. The zero-order valence-electron chi connectivity index (χ0n) is 13.8. The average molecular weight is 328 g/mol. The molecule has 0 spiro atoms. The topological polar surface area (TPSA) is 27.7 Å². The molecule has 0 radical (unpaired) electrons. The van der Waals surface area contributed by atoms with E-state index in [1.807, 2.05) is 12.1 Å². The fraction of sp³-hybridized carbons (Fsp3) is 0.0909. The van der Waals surface area contributed by atoms with Crippen LogP contribution in [0.3, 0.4) is 0 Å². The number of rotatable bonds is 2. The summed E-state index contributed by atoms with van der Waals surface area (Å²) in [5.74, 6) is 2.40. The number of benzene rings is 4. The van der Waals surface area contributed by atoms with Crippen LogP contribution in [0.4, 0.5) is 0 Å². The predicted molar refractivity (Wildman–Crippen MR) is 99.6 cm³/mol. The minimum atomic E-state index is 0.270. The highest BCUT2D eigenvalue weighted by atomic mass is 16.7. The lowest BCUT2D eigenvalue weighted by molar-refractivity contribution is 0.174. The van der Waals surface area contributed by atoms with E-state index in [0.717, 1.165) is 33.6 Å². The maximum Gasteiger partial charge on any atom is 0.231 e. The first kappa shape index (κ1) is 14.2. The van der Waals surface area contributed by atoms with E-state index in [0.29, 0.717) is 0 Å². The van der Waals surface area contributed by atoms with Gasteiger partial charge in [0.1, 0.15) is 5.75 Å². The zero-order valence-corrected chi connectivity index (χ0v) is 13.8. The molecule has 4 aromatic carbocycles. The summed E-state index contributed by atoms with van der Waals surface area (Å²) in [5, 5.41) is 4.64. The largest absolute Gasteiger partial charge is 0.497 e. The van der Waals surface area contributed by atoms with Crippen molar-refractivity contribution in [1.82, 2.24) is 0 Å². The van der Waals surface area contributed by atoms with Gasteiger partial charge >= 0.3 is 0 Å². The molecule has 1 aliphatic heterocycles. The average Bonchev–Trinajstić information content (AvgIpc) is 3.12. The second-order valence-electron chi connectivity index (χ2n) is 6.13. The molecule has 0 saturated heterocycles. The number of ether oxygens (including phenoxy) is 3. The van der Waals surface area contributed by atoms with Crippen LogP contribution in [0.15, 0.2) is 66.7 Å². The Bertz CT molecular complexity index is 1110. The maximum absolute atomic E-state index is 5.59. The second-order valence-corrected chi connectivity index (χ2v) is 6.13. The quantitative estimate of drug-likeness (QED) is 0.493. The van der Waals surface area contributed by atoms with Gasteiger partial charge in [0, 0.05) is 0 Å². The molecule has 1 aliphatic rings. The summed E-state index contributed by atoms with van der Waals surface area (Å²) in [6, 6.07) is 23.0. The first-order chi connectivity index (χ1) is 12.3. The van der Waals surface area contributed by atoms with Crippen LogP contribution in [-0.4, -0.2) is 13.9 Å². The van der Waals surface area contributed by atoms with Crippen molar-refractivity contribution >= 4 is 21.5 Å². The Balaban J connectivity index is 1.88. The fourth-order valence-electron chi connectivity index (χ4n) is 3.53. The number of methoxy groups -OCH3 is 1. The van der Waals surface area contributed by atoms with Gasteiger partial charge in [0.2, 0.25) is 6.79 Å². The van der Waals surface area contributed by atoms with E-state index in [9.17, 15) is 0 Å². The van der Waals surface area contributed by atoms with E-state index < -0.39 is 0 Å². The third-order valence-corrected chi connectivity index (χ3v) is 4.73. The van der Waals surface area contributed by atoms with Crippen LogP contribution in [-0.2, 0) is 0 Å². The number of hydrogen-bond acceptors (Lipinski definition) is 3. The summed E-state index contributed by atoms with van der Waals surface area (Å²) in [4.78, 5) is 0. The molecule has 122 valence electrons. The molecule has 0 N–H and O–H groups in total. The monoisotopic (exact) mass is 328 g/mol. The highest BCUT2D eigenvalue weighted by molar-refractivity contribution is 6.06. The van der Waals surface area contributed by atoms with Crippen LogP contribution in [0.5, 0.6) is 17.2 Å². The van der Waals surface area contributed by atoms with Crippen molar-refractivity contribution in [1.29, 1.82) is 0 Å². The van der Waals surface area contributed by atoms with Gasteiger partial charge < -0.3 is 14.2 Å². The van der Waals surface area contributed by atoms with Crippen molar-refractivity contribution in [3.05, 3.63) is 66.7 Å². The third kappa shape index (κ3) is 2.20. The van der Waals surface area contributed by atoms with Gasteiger partial charge in [-0.1, -0.05) is 42.5 Å². The van der Waals surface area contributed by atoms with Crippen LogP contribution in [0, 0.1) is 0 Å². The molecule has 25 heavy (non-hydrogen) atoms. The molecule has 0 saturated carbocycles. The molecule has 0 aromatic heterocycles. The highest BCUT2D eigenvalue weighted by Crippen LogP contribution is 2.42. The van der Waals surface area contributed by atoms with Crippen molar-refractivity contribution in [3.8, 4) is 28.4 Å². The molecule has 4 aromatic rings. The minimum absolute atomic E-state index is 0.270. The van der Waals surface area contributed by atoms with E-state index in [2.05, 4.69) is 54.6 Å². The molecule has 0 unspecified atom stereocenters. The van der Waals surface area contributed by atoms with Gasteiger partial charge in [-0.3, -0.25) is 0 Å². The van der Waals surface area contributed by atoms with E-state index >= 15 is 0 Å². The SMILES string of the molecule is COc1cc(-c2cccc3ccccc23)c2cc3c(cc2c1)OCO3. The Morgan fingerprint density at radius 1 is 0.720 bits per heavy atom. The summed E-state index contributed by atoms with van der Waals surface area (Å²) < 4.78 is 16.7. The zero-order chi connectivity index (χ0) is 16.8. The lowest BCUT2D eigenvalue weighted by atomic mass is 9.93. The molecule has 0 fully saturated rings. The van der Waals surface area contributed by atoms with Crippen molar-refractivity contribution in [2.45, 2.75) is 0 Å². The van der Waals surface area contributed by atoms with E-state index in [4.69, 9.17) is 14.2 Å². The van der Waals surface area contributed by atoms with Gasteiger partial charge in [-0.05, 0) is 56.9 Å². The van der Waals surface area contributed by atoms with Crippen LogP contribution in [0.2, 0.25) is 0 Å². The summed E-state index contributed by atoms with van der Waals surface area (Å²) in [6.07, 6.45) is 0. The van der Waals surface area contributed by atoms with Crippen molar-refractivity contribution in [2.24, 2.45) is 0 Å². The molecular formula is C22H16O3. The molecule has 0 aliphatic carbocycles. The van der Waals surface area contributed by atoms with Gasteiger partial charge in [0.15, 0.2) is 11.5 Å². The van der Waals surface area contributed by atoms with E-state index in [1.165, 1.54) is 16.3 Å². The van der Waals surface area contributed by atoms with Crippen molar-refractivity contribution < 1.29 is 14.2 Å². The Hall–Kier alpha value is -3.20. The van der Waals surface area contributed by atoms with E-state index in [-0.39, 0.29) is 6.79 Å². The fourth-order valence-corrected chi connectivity index (χ4v) is 3.53. The molecule has 1 heterocycles. The second kappa shape index (κ2) is 5.42. The number of fused-ring (bicyclic) bond motifs is 3. The van der Waals surface area contributed by atoms with Crippen LogP contribution < -0.4 is 14.2 Å². The normalized spacial score (nSPS) is 12.7. The van der Waals surface area contributed by atoms with Gasteiger partial charge in [-0.2, -0.15) is 0 Å². The molecule has 5 rings (SSSR count). The van der Waals surface area contributed by atoms with Gasteiger partial charge in [0.25, 0.3) is 0 Å². The Morgan fingerprint density at radius 3 is 2.40 bits per heavy atom. The summed E-state index contributed by atoms with van der Waals surface area (Å²) >= 11 is 0. The smallest absolute Gasteiger partial charge is 0.231 e. The van der Waals surface area contributed by atoms with Gasteiger partial charge in [-0.15, -0.1) is 0 Å². The first-order valence-electron chi connectivity index (χ1n) is 8.23. The van der Waals surface area contributed by atoms with Crippen molar-refractivity contribution in [2.75, 3.05) is 13.9 Å². The Kier molecular flexibility index (Phi) is 3.07. The van der Waals surface area contributed by atoms with Crippen LogP contribution >= 0.6 is 0 Å². The molecule has 3 nitrogen and oxygen atoms in total. The highest BCUT2D eigenvalue weighted by Gasteiger charge is 2.17. The summed E-state index contributed by atoms with van der Waals surface area (Å²) in [5.41, 5.74) is 2.31. The lowest BCUT2D eigenvalue weighted by Gasteiger charge is -2.13. The molecule has 0 amide bonds. The summed E-state index contributed by atoms with van der Waals surface area (Å²) in [7, 11) is 1.70. The van der Waals surface area contributed by atoms with Crippen molar-refractivity contribution in [3.63, 3.8) is 0 Å². The summed E-state index contributed by atoms with van der Waals surface area (Å²) in [6.45, 7) is 0.270. The Morgan fingerprint density at radius 2 is 1.52 bits per heavy atom. The molecule has 3 heteroatoms. The molecule has 0 bridgehead atoms. The standard InChI is InChI=1S/C22H16O3/c1-23-16-9-15-10-21-22(25-13-24-21)12-19(15)20(11-16)18-8-4-6-14-5-2-3-7-17(14)18/h2-12H,13H2,1H3. The predicted octanol–water partition coefficient (Wildman–Crippen LogP) is 5.40. The first-order valence-corrected chi connectivity index (χ1v) is 8.23. The molecular weight excluding hydrogens is 312 g/mol. The minimum Gasteiger partial charge on any atom is -0.497 e. The van der Waals surface area contributed by atoms with Crippen LogP contribution in [0.25, 0.3) is 32.7 Å². The van der Waals surface area contributed by atoms with Gasteiger partial charge in [0.05, 0.1) is 7.11 Å². The lowest BCUT2D eigenvalue weighted by Crippen LogP contribution is -1.92. The maximum atomic E-state index is 5.59. The van der Waals surface area contributed by atoms with Crippen LogP contribution in [0.1, 0.15) is 0 Å². The third-order valence-electron chi connectivity index (χ3n) is 4.73. The Labute approximate surface area is 145 Å². The van der Waals surface area contributed by atoms with E-state index in [1.54, 1.807) is 7.11 Å². The molecule has 0 atom stereocenters.